The van der Waals surface area contributed by atoms with Crippen LogP contribution in [-0.4, -0.2) is 34.4 Å². The minimum atomic E-state index is -0.203. The van der Waals surface area contributed by atoms with Crippen molar-refractivity contribution < 1.29 is 9.53 Å². The van der Waals surface area contributed by atoms with Gasteiger partial charge in [-0.25, -0.2) is 0 Å². The molecule has 114 valence electrons. The molecule has 3 aromatic rings. The predicted octanol–water partition coefficient (Wildman–Crippen LogP) is 2.57. The van der Waals surface area contributed by atoms with Crippen LogP contribution in [0.15, 0.2) is 36.5 Å². The number of aromatic nitrogens is 3. The van der Waals surface area contributed by atoms with Crippen LogP contribution in [-0.2, 0) is 11.3 Å². The van der Waals surface area contributed by atoms with E-state index in [4.69, 9.17) is 4.74 Å². The number of carbonyl (C=O) groups excluding carboxylic acids is 1. The molecule has 6 nitrogen and oxygen atoms in total. The molecule has 0 fully saturated rings. The van der Waals surface area contributed by atoms with Gasteiger partial charge in [0.25, 0.3) is 5.91 Å². The van der Waals surface area contributed by atoms with Crippen molar-refractivity contribution >= 4 is 22.6 Å². The quantitative estimate of drug-likeness (QED) is 0.760. The average molecular weight is 298 g/mol. The standard InChI is InChI=1S/C16H18N4O2/c1-11-3-4-12-10-14(17-13(12)9-11)16(21)18-15-5-6-20(19-15)7-8-22-2/h3-6,9-10,17H,7-8H2,1-2H3,(H,18,19,21). The maximum Gasteiger partial charge on any atom is 0.273 e. The first-order valence-corrected chi connectivity index (χ1v) is 7.09. The van der Waals surface area contributed by atoms with Crippen LogP contribution in [0, 0.1) is 6.92 Å². The Labute approximate surface area is 128 Å². The lowest BCUT2D eigenvalue weighted by molar-refractivity contribution is 0.102. The third-order valence-corrected chi connectivity index (χ3v) is 3.43. The lowest BCUT2D eigenvalue weighted by atomic mass is 10.2. The Hall–Kier alpha value is -2.60. The highest BCUT2D eigenvalue weighted by Gasteiger charge is 2.11. The maximum absolute atomic E-state index is 12.3. The fraction of sp³-hybridized carbons (Fsp3) is 0.250. The average Bonchev–Trinajstić information content (AvgIpc) is 3.11. The number of methoxy groups -OCH3 is 1. The first-order valence-electron chi connectivity index (χ1n) is 7.09. The van der Waals surface area contributed by atoms with Gasteiger partial charge in [-0.3, -0.25) is 9.48 Å². The summed E-state index contributed by atoms with van der Waals surface area (Å²) < 4.78 is 6.73. The van der Waals surface area contributed by atoms with Crippen molar-refractivity contribution in [1.29, 1.82) is 0 Å². The summed E-state index contributed by atoms with van der Waals surface area (Å²) in [5.41, 5.74) is 2.63. The van der Waals surface area contributed by atoms with E-state index in [9.17, 15) is 4.79 Å². The number of benzene rings is 1. The molecular weight excluding hydrogens is 280 g/mol. The van der Waals surface area contributed by atoms with Gasteiger partial charge in [0, 0.05) is 30.3 Å². The van der Waals surface area contributed by atoms with E-state index in [1.807, 2.05) is 37.4 Å². The van der Waals surface area contributed by atoms with Gasteiger partial charge in [0.05, 0.1) is 13.2 Å². The number of hydrogen-bond donors (Lipinski definition) is 2. The summed E-state index contributed by atoms with van der Waals surface area (Å²) in [6.45, 7) is 3.25. The third-order valence-electron chi connectivity index (χ3n) is 3.43. The minimum Gasteiger partial charge on any atom is -0.383 e. The molecule has 0 bridgehead atoms. The topological polar surface area (TPSA) is 71.9 Å². The lowest BCUT2D eigenvalue weighted by Crippen LogP contribution is -2.13. The van der Waals surface area contributed by atoms with Crippen LogP contribution in [0.2, 0.25) is 0 Å². The Kier molecular flexibility index (Phi) is 3.93. The Morgan fingerprint density at radius 3 is 3.05 bits per heavy atom. The van der Waals surface area contributed by atoms with Gasteiger partial charge in [-0.05, 0) is 24.6 Å². The first-order chi connectivity index (χ1) is 10.7. The second-order valence-corrected chi connectivity index (χ2v) is 5.18. The molecule has 0 aliphatic carbocycles. The molecular formula is C16H18N4O2. The van der Waals surface area contributed by atoms with E-state index in [-0.39, 0.29) is 5.91 Å². The molecule has 0 aliphatic heterocycles. The van der Waals surface area contributed by atoms with E-state index in [0.717, 1.165) is 16.5 Å². The number of nitrogens with zero attached hydrogens (tertiary/aromatic N) is 2. The summed E-state index contributed by atoms with van der Waals surface area (Å²) in [5.74, 6) is 0.321. The van der Waals surface area contributed by atoms with Gasteiger partial charge in [-0.2, -0.15) is 5.10 Å². The molecule has 0 radical (unpaired) electrons. The number of rotatable bonds is 5. The van der Waals surface area contributed by atoms with Crippen molar-refractivity contribution in [2.75, 3.05) is 19.0 Å². The number of fused-ring (bicyclic) bond motifs is 1. The number of aromatic amines is 1. The summed E-state index contributed by atoms with van der Waals surface area (Å²) in [7, 11) is 1.64. The molecule has 0 saturated carbocycles. The summed E-state index contributed by atoms with van der Waals surface area (Å²) >= 11 is 0. The second kappa shape index (κ2) is 6.03. The lowest BCUT2D eigenvalue weighted by Gasteiger charge is -2.01. The zero-order valence-electron chi connectivity index (χ0n) is 12.6. The van der Waals surface area contributed by atoms with E-state index >= 15 is 0 Å². The van der Waals surface area contributed by atoms with E-state index in [0.29, 0.717) is 24.7 Å². The van der Waals surface area contributed by atoms with Crippen molar-refractivity contribution in [1.82, 2.24) is 14.8 Å². The SMILES string of the molecule is COCCn1ccc(NC(=O)c2cc3ccc(C)cc3[nH]2)n1. The van der Waals surface area contributed by atoms with E-state index < -0.39 is 0 Å². The zero-order valence-corrected chi connectivity index (χ0v) is 12.6. The van der Waals surface area contributed by atoms with Crippen LogP contribution in [0.5, 0.6) is 0 Å². The van der Waals surface area contributed by atoms with Crippen LogP contribution >= 0.6 is 0 Å². The van der Waals surface area contributed by atoms with Crippen LogP contribution in [0.25, 0.3) is 10.9 Å². The van der Waals surface area contributed by atoms with Gasteiger partial charge < -0.3 is 15.0 Å². The van der Waals surface area contributed by atoms with Crippen molar-refractivity contribution in [2.45, 2.75) is 13.5 Å². The number of anilines is 1. The second-order valence-electron chi connectivity index (χ2n) is 5.18. The minimum absolute atomic E-state index is 0.203. The Bertz CT molecular complexity index is 803. The molecule has 2 heterocycles. The molecule has 2 aromatic heterocycles. The summed E-state index contributed by atoms with van der Waals surface area (Å²) in [5, 5.41) is 8.07. The Morgan fingerprint density at radius 1 is 1.36 bits per heavy atom. The predicted molar refractivity (Wildman–Crippen MR) is 85.1 cm³/mol. The molecule has 0 atom stereocenters. The van der Waals surface area contributed by atoms with E-state index in [1.165, 1.54) is 0 Å². The highest BCUT2D eigenvalue weighted by Crippen LogP contribution is 2.17. The van der Waals surface area contributed by atoms with Gasteiger partial charge in [-0.15, -0.1) is 0 Å². The Morgan fingerprint density at radius 2 is 2.23 bits per heavy atom. The van der Waals surface area contributed by atoms with Crippen LogP contribution in [0.3, 0.4) is 0 Å². The van der Waals surface area contributed by atoms with Crippen molar-refractivity contribution in [2.24, 2.45) is 0 Å². The van der Waals surface area contributed by atoms with Crippen LogP contribution < -0.4 is 5.32 Å². The number of amides is 1. The number of nitrogens with one attached hydrogen (secondary N) is 2. The smallest absolute Gasteiger partial charge is 0.273 e. The number of carbonyl (C=O) groups is 1. The van der Waals surface area contributed by atoms with Crippen molar-refractivity contribution in [3.63, 3.8) is 0 Å². The first kappa shape index (κ1) is 14.3. The number of H-pyrrole nitrogens is 1. The van der Waals surface area contributed by atoms with Crippen molar-refractivity contribution in [3.8, 4) is 0 Å². The highest BCUT2D eigenvalue weighted by molar-refractivity contribution is 6.05. The summed E-state index contributed by atoms with van der Waals surface area (Å²) in [6, 6.07) is 9.64. The molecule has 1 aromatic carbocycles. The van der Waals surface area contributed by atoms with Gasteiger partial charge in [0.1, 0.15) is 5.69 Å². The monoisotopic (exact) mass is 298 g/mol. The largest absolute Gasteiger partial charge is 0.383 e. The molecule has 0 aliphatic rings. The van der Waals surface area contributed by atoms with E-state index in [2.05, 4.69) is 15.4 Å². The van der Waals surface area contributed by atoms with Crippen LogP contribution in [0.4, 0.5) is 5.82 Å². The van der Waals surface area contributed by atoms with Gasteiger partial charge in [0.2, 0.25) is 0 Å². The maximum atomic E-state index is 12.3. The molecule has 3 rings (SSSR count). The fourth-order valence-electron chi connectivity index (χ4n) is 2.28. The molecule has 22 heavy (non-hydrogen) atoms. The van der Waals surface area contributed by atoms with Crippen LogP contribution in [0.1, 0.15) is 16.1 Å². The number of ether oxygens (including phenoxy) is 1. The Balaban J connectivity index is 1.73. The third kappa shape index (κ3) is 3.01. The molecule has 0 unspecified atom stereocenters. The van der Waals surface area contributed by atoms with Gasteiger partial charge >= 0.3 is 0 Å². The summed E-state index contributed by atoms with van der Waals surface area (Å²) in [6.07, 6.45) is 1.81. The zero-order chi connectivity index (χ0) is 15.5. The molecule has 1 amide bonds. The number of hydrogen-bond acceptors (Lipinski definition) is 3. The molecule has 2 N–H and O–H groups in total. The van der Waals surface area contributed by atoms with Crippen molar-refractivity contribution in [3.05, 3.63) is 47.8 Å². The summed E-state index contributed by atoms with van der Waals surface area (Å²) in [4.78, 5) is 15.4. The normalized spacial score (nSPS) is 11.0. The molecule has 6 heteroatoms. The van der Waals surface area contributed by atoms with E-state index in [1.54, 1.807) is 17.9 Å². The molecule has 0 saturated heterocycles. The molecule has 0 spiro atoms. The van der Waals surface area contributed by atoms with Gasteiger partial charge in [0.15, 0.2) is 5.82 Å². The highest BCUT2D eigenvalue weighted by atomic mass is 16.5. The number of aryl methyl sites for hydroxylation is 1. The van der Waals surface area contributed by atoms with Gasteiger partial charge in [-0.1, -0.05) is 12.1 Å². The fourth-order valence-corrected chi connectivity index (χ4v) is 2.28.